The molecule has 2 N–H and O–H groups in total. The van der Waals surface area contributed by atoms with E-state index in [2.05, 4.69) is 0 Å². The average Bonchev–Trinajstić information content (AvgIpc) is 2.01. The minimum Gasteiger partial charge on any atom is -0.445 e. The van der Waals surface area contributed by atoms with Crippen LogP contribution in [0.5, 0.6) is 0 Å². The zero-order chi connectivity index (χ0) is 10.9. The van der Waals surface area contributed by atoms with Crippen molar-refractivity contribution < 1.29 is 69.3 Å². The summed E-state index contributed by atoms with van der Waals surface area (Å²) in [5.41, 5.74) is 2.27. The van der Waals surface area contributed by atoms with Crippen LogP contribution in [0.1, 0.15) is 0 Å². The number of halogens is 3. The predicted molar refractivity (Wildman–Crippen MR) is 46.2 cm³/mol. The van der Waals surface area contributed by atoms with Crippen molar-refractivity contribution in [2.75, 3.05) is 5.73 Å². The summed E-state index contributed by atoms with van der Waals surface area (Å²) in [5, 5.41) is 10.3. The minimum atomic E-state index is -5.41. The molecule has 9 heteroatoms. The molecule has 4 nitrogen and oxygen atoms in total. The Hall–Kier alpha value is -0.0887. The van der Waals surface area contributed by atoms with E-state index in [9.17, 15) is 23.1 Å². The van der Waals surface area contributed by atoms with Crippen LogP contribution < -0.4 is 62.6 Å². The van der Waals surface area contributed by atoms with Gasteiger partial charge in [0.25, 0.3) is 5.69 Å². The predicted octanol–water partition coefficient (Wildman–Crippen LogP) is -1.76. The summed E-state index contributed by atoms with van der Waals surface area (Å²) in [4.78, 5) is 9.20. The smallest absolute Gasteiger partial charge is 0.445 e. The molecule has 0 unspecified atom stereocenters. The van der Waals surface area contributed by atoms with Gasteiger partial charge in [-0.05, 0) is 11.5 Å². The van der Waals surface area contributed by atoms with Crippen molar-refractivity contribution in [2.24, 2.45) is 0 Å². The molecule has 0 atom stereocenters. The van der Waals surface area contributed by atoms with Gasteiger partial charge < -0.3 is 18.7 Å². The van der Waals surface area contributed by atoms with Crippen LogP contribution in [0.4, 0.5) is 24.3 Å². The molecule has 1 aromatic rings. The normalized spacial score (nSPS) is 10.6. The van der Waals surface area contributed by atoms with Crippen molar-refractivity contribution in [3.05, 3.63) is 28.3 Å². The first-order valence-corrected chi connectivity index (χ1v) is 3.56. The Balaban J connectivity index is 0.00000196. The summed E-state index contributed by atoms with van der Waals surface area (Å²) in [6.07, 6.45) is 0. The van der Waals surface area contributed by atoms with Gasteiger partial charge in [0.2, 0.25) is 0 Å². The minimum absolute atomic E-state index is 0. The number of nitrogens with zero attached hydrogens (tertiary/aromatic N) is 1. The topological polar surface area (TPSA) is 69.2 Å². The van der Waals surface area contributed by atoms with Crippen molar-refractivity contribution in [2.45, 2.75) is 0 Å². The number of nitrogen functional groups attached to an aromatic ring is 1. The Morgan fingerprint density at radius 2 is 1.87 bits per heavy atom. The molecule has 0 bridgehead atoms. The summed E-state index contributed by atoms with van der Waals surface area (Å²) in [6, 6.07) is 2.74. The Morgan fingerprint density at radius 1 is 1.33 bits per heavy atom. The van der Waals surface area contributed by atoms with Crippen molar-refractivity contribution in [3.63, 3.8) is 0 Å². The molecule has 76 valence electrons. The summed E-state index contributed by atoms with van der Waals surface area (Å²) in [6.45, 7) is -5.41. The molecule has 0 radical (unpaired) electrons. The van der Waals surface area contributed by atoms with Crippen molar-refractivity contribution in [3.8, 4) is 0 Å². The molecular formula is C6H5BF3KN2O2. The van der Waals surface area contributed by atoms with Gasteiger partial charge in [0.15, 0.2) is 0 Å². The number of hydrogen-bond acceptors (Lipinski definition) is 3. The van der Waals surface area contributed by atoms with Crippen LogP contribution in [-0.4, -0.2) is 11.9 Å². The third kappa shape index (κ3) is 3.45. The van der Waals surface area contributed by atoms with E-state index in [-0.39, 0.29) is 51.4 Å². The number of hydrogen-bond donors (Lipinski definition) is 1. The van der Waals surface area contributed by atoms with Crippen LogP contribution in [0.15, 0.2) is 18.2 Å². The van der Waals surface area contributed by atoms with Gasteiger partial charge in [-0.15, -0.1) is 0 Å². The van der Waals surface area contributed by atoms with E-state index in [1.807, 2.05) is 0 Å². The third-order valence-corrected chi connectivity index (χ3v) is 1.63. The van der Waals surface area contributed by atoms with Crippen LogP contribution >= 0.6 is 0 Å². The second kappa shape index (κ2) is 5.30. The third-order valence-electron chi connectivity index (χ3n) is 1.63. The molecule has 0 spiro atoms. The Labute approximate surface area is 126 Å². The average molecular weight is 244 g/mol. The number of nitro groups is 1. The van der Waals surface area contributed by atoms with Gasteiger partial charge in [0, 0.05) is 0 Å². The van der Waals surface area contributed by atoms with Gasteiger partial charge in [0.05, 0.1) is 4.92 Å². The second-order valence-electron chi connectivity index (χ2n) is 2.62. The Bertz CT molecular complexity index is 385. The summed E-state index contributed by atoms with van der Waals surface area (Å²) in [7, 11) is 0. The van der Waals surface area contributed by atoms with E-state index in [0.717, 1.165) is 12.1 Å². The maximum absolute atomic E-state index is 12.3. The second-order valence-corrected chi connectivity index (χ2v) is 2.62. The molecule has 0 aliphatic carbocycles. The number of nitrogens with two attached hydrogens (primary N) is 1. The fourth-order valence-electron chi connectivity index (χ4n) is 1.05. The van der Waals surface area contributed by atoms with Gasteiger partial charge in [-0.1, -0.05) is 12.1 Å². The number of benzene rings is 1. The SMILES string of the molecule is Nc1cccc([B-](F)(F)F)c1[N+](=O)[O-].[K+]. The van der Waals surface area contributed by atoms with Crippen LogP contribution in [0, 0.1) is 10.1 Å². The van der Waals surface area contributed by atoms with E-state index in [1.165, 1.54) is 0 Å². The van der Waals surface area contributed by atoms with Gasteiger partial charge in [0.1, 0.15) is 5.69 Å². The molecule has 1 rings (SSSR count). The molecule has 15 heavy (non-hydrogen) atoms. The number of anilines is 1. The van der Waals surface area contributed by atoms with Crippen LogP contribution in [-0.2, 0) is 0 Å². The van der Waals surface area contributed by atoms with E-state index in [0.29, 0.717) is 6.07 Å². The molecule has 0 aromatic heterocycles. The van der Waals surface area contributed by atoms with E-state index in [1.54, 1.807) is 0 Å². The molecule has 0 saturated carbocycles. The molecule has 0 heterocycles. The molecule has 1 aromatic carbocycles. The van der Waals surface area contributed by atoms with Gasteiger partial charge >= 0.3 is 58.4 Å². The first kappa shape index (κ1) is 14.9. The fourth-order valence-corrected chi connectivity index (χ4v) is 1.05. The largest absolute Gasteiger partial charge is 1.00 e. The van der Waals surface area contributed by atoms with E-state index < -0.39 is 28.7 Å². The standard InChI is InChI=1S/C6H5BF3N2O2.K/c8-7(9,10)4-2-1-3-5(11)6(4)12(13)14;/h1-3H,11H2;/q-1;+1. The van der Waals surface area contributed by atoms with Gasteiger partial charge in [-0.2, -0.15) is 0 Å². The van der Waals surface area contributed by atoms with Crippen molar-refractivity contribution >= 4 is 23.8 Å². The molecule has 0 amide bonds. The van der Waals surface area contributed by atoms with Crippen LogP contribution in [0.3, 0.4) is 0 Å². The van der Waals surface area contributed by atoms with Crippen LogP contribution in [0.25, 0.3) is 0 Å². The fraction of sp³-hybridized carbons (Fsp3) is 0. The van der Waals surface area contributed by atoms with Crippen molar-refractivity contribution in [1.29, 1.82) is 0 Å². The molecular weight excluding hydrogens is 239 g/mol. The van der Waals surface area contributed by atoms with E-state index in [4.69, 9.17) is 5.73 Å². The Kier molecular flexibility index (Phi) is 5.27. The number of para-hydroxylation sites is 1. The molecule has 0 saturated heterocycles. The van der Waals surface area contributed by atoms with Gasteiger partial charge in [-0.25, -0.2) is 0 Å². The van der Waals surface area contributed by atoms with Crippen LogP contribution in [0.2, 0.25) is 0 Å². The summed E-state index contributed by atoms with van der Waals surface area (Å²) in [5.74, 6) is 0. The summed E-state index contributed by atoms with van der Waals surface area (Å²) < 4.78 is 36.9. The van der Waals surface area contributed by atoms with E-state index >= 15 is 0 Å². The van der Waals surface area contributed by atoms with Crippen molar-refractivity contribution in [1.82, 2.24) is 0 Å². The zero-order valence-electron chi connectivity index (χ0n) is 7.78. The molecule has 0 fully saturated rings. The molecule has 0 aliphatic rings. The maximum Gasteiger partial charge on any atom is 1.00 e. The monoisotopic (exact) mass is 244 g/mol. The summed E-state index contributed by atoms with van der Waals surface area (Å²) >= 11 is 0. The van der Waals surface area contributed by atoms with Gasteiger partial charge in [-0.3, -0.25) is 10.1 Å². The first-order chi connectivity index (χ1) is 6.34. The quantitative estimate of drug-likeness (QED) is 0.290. The maximum atomic E-state index is 12.3. The number of rotatable bonds is 2. The number of nitro benzene ring substituents is 1. The zero-order valence-corrected chi connectivity index (χ0v) is 10.9. The molecule has 0 aliphatic heterocycles. The Morgan fingerprint density at radius 3 is 2.20 bits per heavy atom. The first-order valence-electron chi connectivity index (χ1n) is 3.56.